The van der Waals surface area contributed by atoms with Gasteiger partial charge in [-0.25, -0.2) is 55.2 Å². The molecule has 0 bridgehead atoms. The number of carbonyl (C=O) groups excluding carboxylic acids is 3. The minimum absolute atomic E-state index is 0.0630. The molecule has 0 atom stereocenters. The van der Waals surface area contributed by atoms with Gasteiger partial charge in [0.15, 0.2) is 46.5 Å². The molecule has 18 aromatic rings. The van der Waals surface area contributed by atoms with E-state index in [1.165, 1.54) is 0 Å². The third-order valence-electron chi connectivity index (χ3n) is 24.8. The first-order valence-electron chi connectivity index (χ1n) is 46.1. The van der Waals surface area contributed by atoms with Gasteiger partial charge < -0.3 is 28.8 Å². The molecule has 690 valence electrons. The molecule has 21 nitrogen and oxygen atoms in total. The topological polar surface area (TPSA) is 266 Å². The predicted octanol–water partition coefficient (Wildman–Crippen LogP) is 23.6. The summed E-state index contributed by atoms with van der Waals surface area (Å²) in [5.41, 5.74) is 18.6. The van der Waals surface area contributed by atoms with E-state index in [9.17, 15) is 39.6 Å². The van der Waals surface area contributed by atoms with Crippen LogP contribution in [-0.4, -0.2) is 103 Å². The van der Waals surface area contributed by atoms with Gasteiger partial charge in [-0.2, -0.15) is 0 Å². The number of H-pyrrole nitrogens is 1. The molecule has 0 unspecified atom stereocenters. The third kappa shape index (κ3) is 17.5. The lowest BCUT2D eigenvalue weighted by Gasteiger charge is -2.38. The summed E-state index contributed by atoms with van der Waals surface area (Å²) in [4.78, 5) is 80.0. The van der Waals surface area contributed by atoms with Gasteiger partial charge in [0.2, 0.25) is 0 Å². The van der Waals surface area contributed by atoms with E-state index in [4.69, 9.17) is 24.9 Å². The molecule has 0 saturated heterocycles. The summed E-state index contributed by atoms with van der Waals surface area (Å²) in [5.74, 6) is -0.258. The summed E-state index contributed by atoms with van der Waals surface area (Å²) in [6.07, 6.45) is 10.9. The maximum Gasteiger partial charge on any atom is 0.259 e. The van der Waals surface area contributed by atoms with Gasteiger partial charge >= 0.3 is 0 Å². The Labute approximate surface area is 800 Å². The normalized spacial score (nSPS) is 13.0. The molecule has 0 aliphatic carbocycles. The van der Waals surface area contributed by atoms with Crippen LogP contribution in [0.15, 0.2) is 379 Å². The van der Waals surface area contributed by atoms with Crippen LogP contribution in [0.1, 0.15) is 164 Å². The smallest absolute Gasteiger partial charge is 0.259 e. The standard InChI is InChI=1S/2C42H34N4O3S.C23H20N4O3S.3C2H6/c2*1-29(2)50(48,49)35-24-22-30(23-25-35)37-26-43-40-39(44-37)38(45-27-31-14-12-13-21-36(31)41(45)47)28-46(40)42(32-15-6-3-7-16-32,33-17-8-4-9-18-33)34-19-10-5-11-20-34;1-14(2)31(29,30)17-9-7-15(8-10-17)19-11-24-22-21(26-19)20(12-25-22)27-13-16-5-3-4-6-18(16)23(27)28;3*1-2/h2*3-26,28-29H,27H2,1-2H3;3-12,14H,13H2,1-2H3,(H,24,25);3*1-2H3. The van der Waals surface area contributed by atoms with Crippen molar-refractivity contribution in [3.05, 3.63) is 432 Å². The van der Waals surface area contributed by atoms with E-state index in [1.807, 2.05) is 236 Å². The maximum atomic E-state index is 14.1. The Kier molecular flexibility index (Phi) is 27.8. The van der Waals surface area contributed by atoms with Crippen LogP contribution in [0, 0.1) is 0 Å². The minimum atomic E-state index is -3.44. The molecule has 3 aliphatic heterocycles. The highest BCUT2D eigenvalue weighted by Crippen LogP contribution is 2.49. The van der Waals surface area contributed by atoms with Gasteiger partial charge in [-0.1, -0.05) is 315 Å². The van der Waals surface area contributed by atoms with Crippen molar-refractivity contribution in [3.63, 3.8) is 0 Å². The van der Waals surface area contributed by atoms with Crippen LogP contribution < -0.4 is 14.7 Å². The first-order valence-corrected chi connectivity index (χ1v) is 50.8. The summed E-state index contributed by atoms with van der Waals surface area (Å²) >= 11 is 0. The number of sulfone groups is 3. The minimum Gasteiger partial charge on any atom is -0.343 e. The molecule has 3 amide bonds. The van der Waals surface area contributed by atoms with Crippen LogP contribution in [0.3, 0.4) is 0 Å². The van der Waals surface area contributed by atoms with Crippen LogP contribution in [-0.2, 0) is 60.2 Å². The molecule has 137 heavy (non-hydrogen) atoms. The molecular weight excluding hydrogens is 1770 g/mol. The molecular formula is C113H106N12O9S3. The summed E-state index contributed by atoms with van der Waals surface area (Å²) < 4.78 is 80.4. The molecule has 12 aromatic carbocycles. The van der Waals surface area contributed by atoms with Crippen molar-refractivity contribution in [2.75, 3.05) is 14.7 Å². The number of aromatic amines is 1. The van der Waals surface area contributed by atoms with Crippen LogP contribution in [0.5, 0.6) is 0 Å². The van der Waals surface area contributed by atoms with Crippen LogP contribution >= 0.6 is 0 Å². The Morgan fingerprint density at radius 3 is 0.796 bits per heavy atom. The SMILES string of the molecule is CC.CC.CC.CC(C)S(=O)(=O)c1ccc(-c2cnc3[nH]cc(N4Cc5ccccc5C4=O)c3n2)cc1.CC(C)S(=O)(=O)c1ccc(-c2cnc3c(n2)c(N2Cc4ccccc4C2=O)cn3C(c2ccccc2)(c2ccccc2)c2ccccc2)cc1.CC(C)S(=O)(=O)c1ccc(-c2cnc3c(n2)c(N2Cc4ccccc4C2=O)cn3C(c2ccccc2)(c2ccccc2)c2ccccc2)cc1. The number of carbonyl (C=O) groups is 3. The number of nitrogens with zero attached hydrogens (tertiary/aromatic N) is 11. The Bertz CT molecular complexity index is 7240. The maximum absolute atomic E-state index is 14.1. The highest BCUT2D eigenvalue weighted by Gasteiger charge is 2.45. The highest BCUT2D eigenvalue weighted by molar-refractivity contribution is 7.92. The highest BCUT2D eigenvalue weighted by atomic mass is 32.2. The summed E-state index contributed by atoms with van der Waals surface area (Å²) in [6, 6.07) is 105. The number of hydrogen-bond donors (Lipinski definition) is 1. The van der Waals surface area contributed by atoms with Crippen molar-refractivity contribution in [2.45, 2.75) is 144 Å². The Morgan fingerprint density at radius 2 is 0.533 bits per heavy atom. The zero-order valence-electron chi connectivity index (χ0n) is 78.3. The lowest BCUT2D eigenvalue weighted by atomic mass is 9.76. The van der Waals surface area contributed by atoms with Gasteiger partial charge in [0.25, 0.3) is 17.7 Å². The average molecular weight is 1870 g/mol. The third-order valence-corrected chi connectivity index (χ3v) is 31.3. The van der Waals surface area contributed by atoms with Gasteiger partial charge in [0.05, 0.1) is 103 Å². The van der Waals surface area contributed by atoms with Gasteiger partial charge in [-0.05, 0) is 146 Å². The number of nitrogens with one attached hydrogen (secondary N) is 1. The largest absolute Gasteiger partial charge is 0.343 e. The van der Waals surface area contributed by atoms with Crippen LogP contribution in [0.2, 0.25) is 0 Å². The average Bonchev–Trinajstić information content (AvgIpc) is 1.60. The van der Waals surface area contributed by atoms with Gasteiger partial charge in [-0.3, -0.25) is 14.4 Å². The van der Waals surface area contributed by atoms with E-state index in [2.05, 4.69) is 91.9 Å². The Hall–Kier alpha value is -15.2. The quantitative estimate of drug-likeness (QED) is 0.0695. The van der Waals surface area contributed by atoms with Gasteiger partial charge in [0, 0.05) is 52.0 Å². The molecule has 3 aliphatic rings. The number of anilines is 3. The molecule has 0 fully saturated rings. The number of aromatic nitrogens is 9. The van der Waals surface area contributed by atoms with Gasteiger partial charge in [-0.15, -0.1) is 0 Å². The molecule has 0 saturated carbocycles. The molecule has 0 radical (unpaired) electrons. The first kappa shape index (κ1) is 94.9. The summed E-state index contributed by atoms with van der Waals surface area (Å²) in [7, 11) is -10.2. The molecule has 9 heterocycles. The number of hydrogen-bond acceptors (Lipinski definition) is 15. The lowest BCUT2D eigenvalue weighted by Crippen LogP contribution is -2.37. The van der Waals surface area contributed by atoms with Crippen molar-refractivity contribution in [2.24, 2.45) is 0 Å². The second kappa shape index (κ2) is 40.1. The second-order valence-electron chi connectivity index (χ2n) is 33.4. The van der Waals surface area contributed by atoms with E-state index in [0.717, 1.165) is 66.8 Å². The molecule has 1 N–H and O–H groups in total. The zero-order valence-corrected chi connectivity index (χ0v) is 80.8. The Morgan fingerprint density at radius 1 is 0.292 bits per heavy atom. The fourth-order valence-electron chi connectivity index (χ4n) is 17.9. The van der Waals surface area contributed by atoms with Crippen LogP contribution in [0.4, 0.5) is 17.1 Å². The fraction of sp³-hybridized carbons (Fsp3) is 0.177. The summed E-state index contributed by atoms with van der Waals surface area (Å²) in [5, 5.41) is -1.56. The van der Waals surface area contributed by atoms with Gasteiger partial charge in [0.1, 0.15) is 27.6 Å². The van der Waals surface area contributed by atoms with Crippen molar-refractivity contribution >= 4 is 97.8 Å². The van der Waals surface area contributed by atoms with Crippen molar-refractivity contribution < 1.29 is 39.6 Å². The fourth-order valence-corrected chi connectivity index (χ4v) is 21.1. The Balaban J connectivity index is 0.000000149. The van der Waals surface area contributed by atoms with E-state index in [0.29, 0.717) is 104 Å². The molecule has 21 rings (SSSR count). The van der Waals surface area contributed by atoms with Crippen LogP contribution in [0.25, 0.3) is 67.3 Å². The van der Waals surface area contributed by atoms with Crippen molar-refractivity contribution in [1.82, 2.24) is 44.0 Å². The number of fused-ring (bicyclic) bond motifs is 6. The predicted molar refractivity (Wildman–Crippen MR) is 546 cm³/mol. The molecule has 6 aromatic heterocycles. The molecule has 0 spiro atoms. The number of rotatable bonds is 20. The number of amides is 3. The van der Waals surface area contributed by atoms with E-state index in [1.54, 1.807) is 154 Å². The lowest BCUT2D eigenvalue weighted by molar-refractivity contribution is 0.0989. The number of benzene rings is 12. The second-order valence-corrected chi connectivity index (χ2v) is 40.9. The zero-order chi connectivity index (χ0) is 96.7. The van der Waals surface area contributed by atoms with E-state index < -0.39 is 56.3 Å². The van der Waals surface area contributed by atoms with E-state index in [-0.39, 0.29) is 32.4 Å². The monoisotopic (exact) mass is 1870 g/mol. The summed E-state index contributed by atoms with van der Waals surface area (Å²) in [6.45, 7) is 23.3. The first-order chi connectivity index (χ1) is 66.4. The van der Waals surface area contributed by atoms with Crippen molar-refractivity contribution in [1.29, 1.82) is 0 Å². The van der Waals surface area contributed by atoms with Crippen molar-refractivity contribution in [3.8, 4) is 33.8 Å². The molecule has 24 heteroatoms. The van der Waals surface area contributed by atoms with E-state index >= 15 is 0 Å².